The summed E-state index contributed by atoms with van der Waals surface area (Å²) in [6.07, 6.45) is -0.611. The predicted octanol–water partition coefficient (Wildman–Crippen LogP) is -0.302. The lowest BCUT2D eigenvalue weighted by atomic mass is 10.1. The second-order valence-corrected chi connectivity index (χ2v) is 3.33. The maximum Gasteiger partial charge on any atom is 0.319 e. The molecule has 1 rings (SSSR count). The first-order chi connectivity index (χ1) is 7.62. The zero-order chi connectivity index (χ0) is 12.1. The molecule has 1 aromatic heterocycles. The van der Waals surface area contributed by atoms with Crippen LogP contribution in [0.3, 0.4) is 0 Å². The van der Waals surface area contributed by atoms with E-state index in [4.69, 9.17) is 14.6 Å². The molecule has 1 atom stereocenters. The molecule has 2 N–H and O–H groups in total. The minimum absolute atomic E-state index is 0.183. The van der Waals surface area contributed by atoms with Gasteiger partial charge >= 0.3 is 6.01 Å². The molecule has 0 radical (unpaired) electrons. The fraction of sp³-hybridized carbons (Fsp3) is 0.600. The standard InChI is InChI=1S/C10H16N2O4/c1-6-8(4-7(14)5-13)11-10(16-3)12-9(6)15-2/h7,13-14H,4-5H2,1-3H3. The lowest BCUT2D eigenvalue weighted by molar-refractivity contribution is 0.0943. The number of ether oxygens (including phenoxy) is 2. The van der Waals surface area contributed by atoms with Crippen molar-refractivity contribution in [3.63, 3.8) is 0 Å². The van der Waals surface area contributed by atoms with Crippen LogP contribution in [0, 0.1) is 6.92 Å². The number of methoxy groups -OCH3 is 2. The monoisotopic (exact) mass is 228 g/mol. The van der Waals surface area contributed by atoms with Crippen molar-refractivity contribution in [1.82, 2.24) is 9.97 Å². The highest BCUT2D eigenvalue weighted by molar-refractivity contribution is 5.31. The van der Waals surface area contributed by atoms with Crippen LogP contribution in [0.2, 0.25) is 0 Å². The first-order valence-corrected chi connectivity index (χ1v) is 4.86. The molecule has 0 aromatic carbocycles. The Morgan fingerprint density at radius 2 is 1.94 bits per heavy atom. The van der Waals surface area contributed by atoms with E-state index in [9.17, 15) is 5.11 Å². The van der Waals surface area contributed by atoms with Crippen molar-refractivity contribution in [3.8, 4) is 11.9 Å². The molecule has 0 bridgehead atoms. The van der Waals surface area contributed by atoms with Gasteiger partial charge in [0.05, 0.1) is 32.6 Å². The molecule has 0 saturated carbocycles. The zero-order valence-electron chi connectivity index (χ0n) is 9.60. The predicted molar refractivity (Wildman–Crippen MR) is 56.7 cm³/mol. The van der Waals surface area contributed by atoms with E-state index in [1.807, 2.05) is 0 Å². The molecular formula is C10H16N2O4. The molecule has 6 heteroatoms. The van der Waals surface area contributed by atoms with Crippen LogP contribution in [0.5, 0.6) is 11.9 Å². The maximum atomic E-state index is 9.37. The SMILES string of the molecule is COc1nc(CC(O)CO)c(C)c(OC)n1. The molecule has 1 unspecified atom stereocenters. The Bertz CT molecular complexity index is 357. The summed E-state index contributed by atoms with van der Waals surface area (Å²) in [5.41, 5.74) is 1.33. The molecule has 90 valence electrons. The van der Waals surface area contributed by atoms with Crippen LogP contribution in [0.4, 0.5) is 0 Å². The highest BCUT2D eigenvalue weighted by Crippen LogP contribution is 2.21. The van der Waals surface area contributed by atoms with Crippen molar-refractivity contribution in [2.24, 2.45) is 0 Å². The third kappa shape index (κ3) is 2.80. The Balaban J connectivity index is 3.05. The van der Waals surface area contributed by atoms with E-state index in [0.717, 1.165) is 5.56 Å². The van der Waals surface area contributed by atoms with Gasteiger partial charge in [-0.25, -0.2) is 0 Å². The molecular weight excluding hydrogens is 212 g/mol. The zero-order valence-corrected chi connectivity index (χ0v) is 9.60. The van der Waals surface area contributed by atoms with Gasteiger partial charge in [0.25, 0.3) is 0 Å². The van der Waals surface area contributed by atoms with Crippen LogP contribution in [0.1, 0.15) is 11.3 Å². The Labute approximate surface area is 93.9 Å². The summed E-state index contributed by atoms with van der Waals surface area (Å²) in [7, 11) is 2.96. The largest absolute Gasteiger partial charge is 0.481 e. The van der Waals surface area contributed by atoms with Gasteiger partial charge < -0.3 is 19.7 Å². The summed E-state index contributed by atoms with van der Waals surface area (Å²) < 4.78 is 9.99. The number of aliphatic hydroxyl groups is 2. The van der Waals surface area contributed by atoms with Gasteiger partial charge in [-0.2, -0.15) is 9.97 Å². The van der Waals surface area contributed by atoms with Gasteiger partial charge in [-0.3, -0.25) is 0 Å². The van der Waals surface area contributed by atoms with Crippen molar-refractivity contribution in [1.29, 1.82) is 0 Å². The van der Waals surface area contributed by atoms with E-state index in [2.05, 4.69) is 9.97 Å². The van der Waals surface area contributed by atoms with Gasteiger partial charge in [-0.1, -0.05) is 0 Å². The van der Waals surface area contributed by atoms with Crippen molar-refractivity contribution < 1.29 is 19.7 Å². The second-order valence-electron chi connectivity index (χ2n) is 3.33. The number of nitrogens with zero attached hydrogens (tertiary/aromatic N) is 2. The van der Waals surface area contributed by atoms with Gasteiger partial charge in [-0.05, 0) is 6.92 Å². The van der Waals surface area contributed by atoms with Crippen molar-refractivity contribution in [3.05, 3.63) is 11.3 Å². The minimum Gasteiger partial charge on any atom is -0.481 e. The maximum absolute atomic E-state index is 9.37. The van der Waals surface area contributed by atoms with E-state index < -0.39 is 6.10 Å². The van der Waals surface area contributed by atoms with Crippen LogP contribution in [0.15, 0.2) is 0 Å². The van der Waals surface area contributed by atoms with Crippen LogP contribution < -0.4 is 9.47 Å². The van der Waals surface area contributed by atoms with Gasteiger partial charge in [0.15, 0.2) is 0 Å². The lowest BCUT2D eigenvalue weighted by Crippen LogP contribution is -2.17. The van der Waals surface area contributed by atoms with E-state index in [0.29, 0.717) is 11.6 Å². The van der Waals surface area contributed by atoms with Gasteiger partial charge in [0.1, 0.15) is 0 Å². The molecule has 0 aliphatic heterocycles. The van der Waals surface area contributed by atoms with E-state index >= 15 is 0 Å². The van der Waals surface area contributed by atoms with E-state index in [1.165, 1.54) is 14.2 Å². The van der Waals surface area contributed by atoms with E-state index in [-0.39, 0.29) is 19.0 Å². The molecule has 16 heavy (non-hydrogen) atoms. The molecule has 0 fully saturated rings. The van der Waals surface area contributed by atoms with Gasteiger partial charge in [-0.15, -0.1) is 0 Å². The Kier molecular flexibility index (Phi) is 4.45. The molecule has 0 spiro atoms. The molecule has 6 nitrogen and oxygen atoms in total. The highest BCUT2D eigenvalue weighted by atomic mass is 16.5. The first-order valence-electron chi connectivity index (χ1n) is 4.86. The highest BCUT2D eigenvalue weighted by Gasteiger charge is 2.14. The average molecular weight is 228 g/mol. The van der Waals surface area contributed by atoms with Crippen LogP contribution in [-0.4, -0.2) is 47.1 Å². The first kappa shape index (κ1) is 12.7. The van der Waals surface area contributed by atoms with Crippen molar-refractivity contribution in [2.75, 3.05) is 20.8 Å². The number of hydrogen-bond donors (Lipinski definition) is 2. The normalized spacial score (nSPS) is 12.3. The molecule has 1 aromatic rings. The Morgan fingerprint density at radius 1 is 1.25 bits per heavy atom. The quantitative estimate of drug-likeness (QED) is 0.719. The molecule has 1 heterocycles. The lowest BCUT2D eigenvalue weighted by Gasteiger charge is -2.12. The topological polar surface area (TPSA) is 84.7 Å². The average Bonchev–Trinajstić information content (AvgIpc) is 2.31. The minimum atomic E-state index is -0.844. The molecule has 0 aliphatic rings. The van der Waals surface area contributed by atoms with Crippen LogP contribution >= 0.6 is 0 Å². The van der Waals surface area contributed by atoms with Crippen molar-refractivity contribution in [2.45, 2.75) is 19.4 Å². The summed E-state index contributed by atoms with van der Waals surface area (Å²) >= 11 is 0. The smallest absolute Gasteiger partial charge is 0.319 e. The fourth-order valence-electron chi connectivity index (χ4n) is 1.29. The number of rotatable bonds is 5. The summed E-state index contributed by atoms with van der Waals surface area (Å²) in [6.45, 7) is 1.48. The molecule has 0 amide bonds. The van der Waals surface area contributed by atoms with Gasteiger partial charge in [0.2, 0.25) is 5.88 Å². The Hall–Kier alpha value is -1.40. The molecule has 0 saturated heterocycles. The van der Waals surface area contributed by atoms with Gasteiger partial charge in [0, 0.05) is 12.0 Å². The number of hydrogen-bond acceptors (Lipinski definition) is 6. The summed E-state index contributed by atoms with van der Waals surface area (Å²) in [4.78, 5) is 8.11. The third-order valence-corrected chi connectivity index (χ3v) is 2.20. The summed E-state index contributed by atoms with van der Waals surface area (Å²) in [5, 5.41) is 18.2. The molecule has 0 aliphatic carbocycles. The summed E-state index contributed by atoms with van der Waals surface area (Å²) in [5.74, 6) is 0.409. The second kappa shape index (κ2) is 5.62. The number of aliphatic hydroxyl groups excluding tert-OH is 2. The van der Waals surface area contributed by atoms with E-state index in [1.54, 1.807) is 6.92 Å². The van der Waals surface area contributed by atoms with Crippen LogP contribution in [-0.2, 0) is 6.42 Å². The number of aromatic nitrogens is 2. The third-order valence-electron chi connectivity index (χ3n) is 2.20. The van der Waals surface area contributed by atoms with Crippen LogP contribution in [0.25, 0.3) is 0 Å². The summed E-state index contributed by atoms with van der Waals surface area (Å²) in [6, 6.07) is 0.183. The van der Waals surface area contributed by atoms with Crippen molar-refractivity contribution >= 4 is 0 Å². The Morgan fingerprint density at radius 3 is 2.44 bits per heavy atom. The fourth-order valence-corrected chi connectivity index (χ4v) is 1.29.